The van der Waals surface area contributed by atoms with Gasteiger partial charge in [-0.25, -0.2) is 13.8 Å². The highest BCUT2D eigenvalue weighted by Crippen LogP contribution is 2.35. The zero-order valence-electron chi connectivity index (χ0n) is 13.9. The molecule has 5 nitrogen and oxygen atoms in total. The summed E-state index contributed by atoms with van der Waals surface area (Å²) in [5.41, 5.74) is 1.14. The van der Waals surface area contributed by atoms with Crippen LogP contribution in [0.2, 0.25) is 0 Å². The predicted octanol–water partition coefficient (Wildman–Crippen LogP) is 4.36. The summed E-state index contributed by atoms with van der Waals surface area (Å²) in [7, 11) is 3.09. The van der Waals surface area contributed by atoms with Gasteiger partial charge in [-0.15, -0.1) is 11.3 Å². The van der Waals surface area contributed by atoms with E-state index in [1.807, 2.05) is 0 Å². The van der Waals surface area contributed by atoms with Gasteiger partial charge in [0.2, 0.25) is 0 Å². The zero-order valence-corrected chi connectivity index (χ0v) is 14.7. The van der Waals surface area contributed by atoms with Crippen molar-refractivity contribution in [2.24, 2.45) is 0 Å². The third-order valence-electron chi connectivity index (χ3n) is 3.53. The summed E-state index contributed by atoms with van der Waals surface area (Å²) >= 11 is 1.18. The van der Waals surface area contributed by atoms with E-state index in [0.717, 1.165) is 12.1 Å². The Kier molecular flexibility index (Phi) is 5.13. The number of halogens is 2. The standard InChI is InChI=1S/C18H14F2N2O3S/c1-24-13-3-4-16(25-2)14(8-13)15-9-26-18(21-15)22-17(23)10-5-11(19)7-12(20)6-10/h3-9H,1-2H3,(H,21,22,23). The molecule has 26 heavy (non-hydrogen) atoms. The van der Waals surface area contributed by atoms with Crippen molar-refractivity contribution in [1.82, 2.24) is 4.98 Å². The molecule has 1 heterocycles. The molecule has 2 aromatic carbocycles. The second-order valence-electron chi connectivity index (χ2n) is 5.22. The number of amides is 1. The lowest BCUT2D eigenvalue weighted by Gasteiger charge is -2.08. The maximum absolute atomic E-state index is 13.2. The minimum Gasteiger partial charge on any atom is -0.497 e. The molecule has 8 heteroatoms. The molecular weight excluding hydrogens is 362 g/mol. The molecule has 0 unspecified atom stereocenters. The molecule has 0 spiro atoms. The third kappa shape index (κ3) is 3.80. The fourth-order valence-electron chi connectivity index (χ4n) is 2.32. The number of aromatic nitrogens is 1. The highest BCUT2D eigenvalue weighted by Gasteiger charge is 2.15. The largest absolute Gasteiger partial charge is 0.497 e. The first kappa shape index (κ1) is 17.8. The van der Waals surface area contributed by atoms with Gasteiger partial charge in [0.25, 0.3) is 5.91 Å². The number of thiazole rings is 1. The number of nitrogens with one attached hydrogen (secondary N) is 1. The summed E-state index contributed by atoms with van der Waals surface area (Å²) in [5, 5.41) is 4.56. The lowest BCUT2D eigenvalue weighted by Crippen LogP contribution is -2.12. The average molecular weight is 376 g/mol. The van der Waals surface area contributed by atoms with E-state index in [1.54, 1.807) is 37.8 Å². The normalized spacial score (nSPS) is 10.5. The number of methoxy groups -OCH3 is 2. The number of ether oxygens (including phenoxy) is 2. The number of rotatable bonds is 5. The van der Waals surface area contributed by atoms with E-state index in [1.165, 1.54) is 11.3 Å². The number of carbonyl (C=O) groups is 1. The van der Waals surface area contributed by atoms with Gasteiger partial charge >= 0.3 is 0 Å². The summed E-state index contributed by atoms with van der Waals surface area (Å²) in [6.45, 7) is 0. The second kappa shape index (κ2) is 7.49. The first-order valence-electron chi connectivity index (χ1n) is 7.45. The SMILES string of the molecule is COc1ccc(OC)c(-c2csc(NC(=O)c3cc(F)cc(F)c3)n2)c1. The van der Waals surface area contributed by atoms with E-state index in [9.17, 15) is 13.6 Å². The lowest BCUT2D eigenvalue weighted by atomic mass is 10.1. The van der Waals surface area contributed by atoms with E-state index in [0.29, 0.717) is 34.0 Å². The topological polar surface area (TPSA) is 60.5 Å². The molecule has 0 atom stereocenters. The molecule has 0 saturated carbocycles. The lowest BCUT2D eigenvalue weighted by molar-refractivity contribution is 0.102. The van der Waals surface area contributed by atoms with Crippen LogP contribution in [0.5, 0.6) is 11.5 Å². The first-order valence-corrected chi connectivity index (χ1v) is 8.33. The maximum atomic E-state index is 13.2. The molecule has 0 saturated heterocycles. The van der Waals surface area contributed by atoms with Gasteiger partial charge < -0.3 is 9.47 Å². The summed E-state index contributed by atoms with van der Waals surface area (Å²) in [4.78, 5) is 16.5. The molecule has 0 fully saturated rings. The van der Waals surface area contributed by atoms with Crippen molar-refractivity contribution in [3.8, 4) is 22.8 Å². The number of carbonyl (C=O) groups excluding carboxylic acids is 1. The molecular formula is C18H14F2N2O3S. The molecule has 1 aromatic heterocycles. The molecule has 0 bridgehead atoms. The number of benzene rings is 2. The smallest absolute Gasteiger partial charge is 0.257 e. The molecule has 0 aliphatic rings. The van der Waals surface area contributed by atoms with Crippen LogP contribution in [0, 0.1) is 11.6 Å². The maximum Gasteiger partial charge on any atom is 0.257 e. The highest BCUT2D eigenvalue weighted by molar-refractivity contribution is 7.14. The van der Waals surface area contributed by atoms with Gasteiger partial charge in [0, 0.05) is 22.6 Å². The van der Waals surface area contributed by atoms with Crippen molar-refractivity contribution < 1.29 is 23.0 Å². The number of anilines is 1. The second-order valence-corrected chi connectivity index (χ2v) is 6.07. The van der Waals surface area contributed by atoms with Crippen LogP contribution in [0.4, 0.5) is 13.9 Å². The Bertz CT molecular complexity index is 939. The summed E-state index contributed by atoms with van der Waals surface area (Å²) in [6, 6.07) is 7.89. The fraction of sp³-hybridized carbons (Fsp3) is 0.111. The molecule has 134 valence electrons. The Morgan fingerprint density at radius 1 is 1.08 bits per heavy atom. The van der Waals surface area contributed by atoms with Gasteiger partial charge in [0.1, 0.15) is 23.1 Å². The molecule has 3 rings (SSSR count). The Balaban J connectivity index is 1.85. The summed E-state index contributed by atoms with van der Waals surface area (Å²) in [5.74, 6) is -1.06. The molecule has 3 aromatic rings. The van der Waals surface area contributed by atoms with Gasteiger partial charge in [-0.2, -0.15) is 0 Å². The average Bonchev–Trinajstić information content (AvgIpc) is 3.08. The minimum absolute atomic E-state index is 0.127. The van der Waals surface area contributed by atoms with E-state index in [2.05, 4.69) is 10.3 Å². The van der Waals surface area contributed by atoms with Crippen LogP contribution in [0.15, 0.2) is 41.8 Å². The molecule has 0 aliphatic carbocycles. The first-order chi connectivity index (χ1) is 12.5. The van der Waals surface area contributed by atoms with Crippen LogP contribution >= 0.6 is 11.3 Å². The Labute approximate surface area is 152 Å². The summed E-state index contributed by atoms with van der Waals surface area (Å²) < 4.78 is 37.0. The molecule has 0 radical (unpaired) electrons. The minimum atomic E-state index is -0.823. The Hall–Kier alpha value is -3.00. The zero-order chi connectivity index (χ0) is 18.7. The molecule has 1 N–H and O–H groups in total. The van der Waals surface area contributed by atoms with Crippen LogP contribution < -0.4 is 14.8 Å². The van der Waals surface area contributed by atoms with Gasteiger partial charge in [0.15, 0.2) is 5.13 Å². The number of nitrogens with zero attached hydrogens (tertiary/aromatic N) is 1. The van der Waals surface area contributed by atoms with Crippen molar-refractivity contribution in [3.05, 3.63) is 59.0 Å². The fourth-order valence-corrected chi connectivity index (χ4v) is 3.03. The van der Waals surface area contributed by atoms with E-state index >= 15 is 0 Å². The Morgan fingerprint density at radius 2 is 1.81 bits per heavy atom. The van der Waals surface area contributed by atoms with Crippen molar-refractivity contribution in [1.29, 1.82) is 0 Å². The van der Waals surface area contributed by atoms with Crippen molar-refractivity contribution >= 4 is 22.4 Å². The number of hydrogen-bond acceptors (Lipinski definition) is 5. The van der Waals surface area contributed by atoms with Crippen molar-refractivity contribution in [3.63, 3.8) is 0 Å². The van der Waals surface area contributed by atoms with Crippen LogP contribution in [0.25, 0.3) is 11.3 Å². The van der Waals surface area contributed by atoms with E-state index in [-0.39, 0.29) is 5.56 Å². The van der Waals surface area contributed by atoms with Crippen LogP contribution in [-0.4, -0.2) is 25.1 Å². The summed E-state index contributed by atoms with van der Waals surface area (Å²) in [6.07, 6.45) is 0. The third-order valence-corrected chi connectivity index (χ3v) is 4.29. The van der Waals surface area contributed by atoms with Gasteiger partial charge in [-0.05, 0) is 30.3 Å². The van der Waals surface area contributed by atoms with E-state index < -0.39 is 17.5 Å². The van der Waals surface area contributed by atoms with Gasteiger partial charge in [-0.3, -0.25) is 10.1 Å². The number of hydrogen-bond donors (Lipinski definition) is 1. The van der Waals surface area contributed by atoms with Crippen LogP contribution in [-0.2, 0) is 0 Å². The van der Waals surface area contributed by atoms with Gasteiger partial charge in [0.05, 0.1) is 19.9 Å². The predicted molar refractivity (Wildman–Crippen MR) is 95.0 cm³/mol. The van der Waals surface area contributed by atoms with Gasteiger partial charge in [-0.1, -0.05) is 0 Å². The Morgan fingerprint density at radius 3 is 2.46 bits per heavy atom. The monoisotopic (exact) mass is 376 g/mol. The molecule has 0 aliphatic heterocycles. The van der Waals surface area contributed by atoms with E-state index in [4.69, 9.17) is 9.47 Å². The van der Waals surface area contributed by atoms with Crippen molar-refractivity contribution in [2.75, 3.05) is 19.5 Å². The highest BCUT2D eigenvalue weighted by atomic mass is 32.1. The van der Waals surface area contributed by atoms with Crippen LogP contribution in [0.1, 0.15) is 10.4 Å². The quantitative estimate of drug-likeness (QED) is 0.719. The van der Waals surface area contributed by atoms with Crippen LogP contribution in [0.3, 0.4) is 0 Å². The van der Waals surface area contributed by atoms with Crippen molar-refractivity contribution in [2.45, 2.75) is 0 Å². The molecule has 1 amide bonds.